The maximum atomic E-state index is 12.5. The Balaban J connectivity index is 3.63. The summed E-state index contributed by atoms with van der Waals surface area (Å²) in [5.41, 5.74) is 0. The highest BCUT2D eigenvalue weighted by atomic mass is 35.5. The lowest BCUT2D eigenvalue weighted by Gasteiger charge is -2.12. The van der Waals surface area contributed by atoms with Gasteiger partial charge in [0.15, 0.2) is 0 Å². The highest BCUT2D eigenvalue weighted by molar-refractivity contribution is 6.63. The van der Waals surface area contributed by atoms with Crippen LogP contribution in [0, 0.1) is 0 Å². The van der Waals surface area contributed by atoms with Crippen molar-refractivity contribution in [2.75, 3.05) is 5.88 Å². The summed E-state index contributed by atoms with van der Waals surface area (Å²) in [5, 5.41) is -0.737. The first-order valence-electron chi connectivity index (χ1n) is 3.10. The lowest BCUT2D eigenvalue weighted by Crippen LogP contribution is -2.17. The van der Waals surface area contributed by atoms with Crippen molar-refractivity contribution in [1.82, 2.24) is 0 Å². The molecule has 0 fully saturated rings. The van der Waals surface area contributed by atoms with Crippen molar-refractivity contribution in [3.05, 3.63) is 0 Å². The molecule has 0 bridgehead atoms. The quantitative estimate of drug-likeness (QED) is 0.498. The van der Waals surface area contributed by atoms with Gasteiger partial charge in [0.1, 0.15) is 0 Å². The Morgan fingerprint density at radius 1 is 1.36 bits per heavy atom. The van der Waals surface area contributed by atoms with Crippen LogP contribution in [0.1, 0.15) is 19.3 Å². The normalized spacial score (nSPS) is 11.6. The van der Waals surface area contributed by atoms with Crippen molar-refractivity contribution in [3.63, 3.8) is 0 Å². The summed E-state index contributed by atoms with van der Waals surface area (Å²) in [6, 6.07) is 0. The van der Waals surface area contributed by atoms with E-state index in [0.29, 0.717) is 0 Å². The molecule has 0 amide bonds. The summed E-state index contributed by atoms with van der Waals surface area (Å²) in [6.45, 7) is 0. The maximum Gasteiger partial charge on any atom is 0.249 e. The third-order valence-corrected chi connectivity index (χ3v) is 1.53. The van der Waals surface area contributed by atoms with Crippen molar-refractivity contribution in [3.8, 4) is 0 Å². The van der Waals surface area contributed by atoms with Crippen LogP contribution in [0.5, 0.6) is 0 Å². The zero-order chi connectivity index (χ0) is 8.91. The molecule has 0 atom stereocenters. The first kappa shape index (κ1) is 11.1. The van der Waals surface area contributed by atoms with Gasteiger partial charge >= 0.3 is 0 Å². The van der Waals surface area contributed by atoms with Crippen LogP contribution in [0.15, 0.2) is 0 Å². The number of rotatable bonds is 5. The first-order valence-corrected chi connectivity index (χ1v) is 4.01. The zero-order valence-electron chi connectivity index (χ0n) is 5.75. The molecule has 0 aliphatic rings. The van der Waals surface area contributed by atoms with Gasteiger partial charge in [0, 0.05) is 25.1 Å². The monoisotopic (exact) mass is 204 g/mol. The second kappa shape index (κ2) is 4.88. The van der Waals surface area contributed by atoms with E-state index in [0.717, 1.165) is 0 Å². The number of alkyl halides is 3. The minimum Gasteiger partial charge on any atom is -0.281 e. The summed E-state index contributed by atoms with van der Waals surface area (Å²) >= 11 is 9.98. The Hall–Kier alpha value is 0.110. The summed E-state index contributed by atoms with van der Waals surface area (Å²) < 4.78 is 25.0. The molecule has 0 heterocycles. The molecule has 0 rings (SSSR count). The minimum atomic E-state index is -2.85. The Morgan fingerprint density at radius 2 is 1.91 bits per heavy atom. The molecular formula is C6H8Cl2F2O. The molecule has 0 aromatic heterocycles. The summed E-state index contributed by atoms with van der Waals surface area (Å²) in [5.74, 6) is -2.96. The van der Waals surface area contributed by atoms with Gasteiger partial charge in [-0.3, -0.25) is 4.79 Å². The van der Waals surface area contributed by atoms with Gasteiger partial charge in [-0.25, -0.2) is 8.78 Å². The highest BCUT2D eigenvalue weighted by Crippen LogP contribution is 2.25. The van der Waals surface area contributed by atoms with Gasteiger partial charge in [0.2, 0.25) is 11.2 Å². The molecule has 1 nitrogen and oxygen atoms in total. The van der Waals surface area contributed by atoms with E-state index in [1.165, 1.54) is 0 Å². The SMILES string of the molecule is O=C(Cl)CCC(F)(F)CCCl. The van der Waals surface area contributed by atoms with Crippen molar-refractivity contribution in [2.45, 2.75) is 25.2 Å². The molecule has 0 aliphatic carbocycles. The predicted octanol–water partition coefficient (Wildman–Crippen LogP) is 2.80. The third kappa shape index (κ3) is 6.51. The fourth-order valence-electron chi connectivity index (χ4n) is 0.544. The van der Waals surface area contributed by atoms with Crippen LogP contribution in [-0.4, -0.2) is 17.0 Å². The summed E-state index contributed by atoms with van der Waals surface area (Å²) in [6.07, 6.45) is -1.22. The van der Waals surface area contributed by atoms with Gasteiger partial charge < -0.3 is 0 Å². The molecule has 0 saturated heterocycles. The molecular weight excluding hydrogens is 197 g/mol. The lowest BCUT2D eigenvalue weighted by atomic mass is 10.1. The van der Waals surface area contributed by atoms with Gasteiger partial charge in [-0.1, -0.05) is 0 Å². The third-order valence-electron chi connectivity index (χ3n) is 1.15. The van der Waals surface area contributed by atoms with Gasteiger partial charge in [-0.2, -0.15) is 0 Å². The molecule has 0 radical (unpaired) electrons. The van der Waals surface area contributed by atoms with E-state index in [9.17, 15) is 13.6 Å². The largest absolute Gasteiger partial charge is 0.281 e. The van der Waals surface area contributed by atoms with Gasteiger partial charge in [0.25, 0.3) is 0 Å². The van der Waals surface area contributed by atoms with E-state index < -0.39 is 24.0 Å². The Labute approximate surface area is 73.7 Å². The maximum absolute atomic E-state index is 12.5. The Bertz CT molecular complexity index is 139. The van der Waals surface area contributed by atoms with Gasteiger partial charge in [-0.15, -0.1) is 11.6 Å². The van der Waals surface area contributed by atoms with Gasteiger partial charge in [0.05, 0.1) is 0 Å². The summed E-state index contributed by atoms with van der Waals surface area (Å²) in [7, 11) is 0. The fourth-order valence-corrected chi connectivity index (χ4v) is 0.915. The number of carbonyl (C=O) groups is 1. The van der Waals surface area contributed by atoms with Crippen LogP contribution in [0.3, 0.4) is 0 Å². The van der Waals surface area contributed by atoms with Crippen LogP contribution in [0.25, 0.3) is 0 Å². The van der Waals surface area contributed by atoms with E-state index in [4.69, 9.17) is 23.2 Å². The first-order chi connectivity index (χ1) is 4.98. The smallest absolute Gasteiger partial charge is 0.249 e. The van der Waals surface area contributed by atoms with E-state index in [1.54, 1.807) is 0 Å². The lowest BCUT2D eigenvalue weighted by molar-refractivity contribution is -0.113. The highest BCUT2D eigenvalue weighted by Gasteiger charge is 2.27. The molecule has 0 aromatic carbocycles. The van der Waals surface area contributed by atoms with E-state index >= 15 is 0 Å². The molecule has 0 unspecified atom stereocenters. The van der Waals surface area contributed by atoms with Crippen LogP contribution >= 0.6 is 23.2 Å². The standard InChI is InChI=1S/C6H8Cl2F2O/c7-4-3-6(9,10)2-1-5(8)11/h1-4H2. The zero-order valence-corrected chi connectivity index (χ0v) is 7.26. The Kier molecular flexibility index (Phi) is 4.93. The van der Waals surface area contributed by atoms with Crippen molar-refractivity contribution in [2.24, 2.45) is 0 Å². The van der Waals surface area contributed by atoms with Crippen molar-refractivity contribution < 1.29 is 13.6 Å². The molecule has 0 saturated carbocycles. The number of halogens is 4. The average Bonchev–Trinajstić information content (AvgIpc) is 1.84. The van der Waals surface area contributed by atoms with E-state index in [-0.39, 0.29) is 12.3 Å². The second-order valence-corrected chi connectivity index (χ2v) is 2.95. The topological polar surface area (TPSA) is 17.1 Å². The number of carbonyl (C=O) groups excluding carboxylic acids is 1. The Morgan fingerprint density at radius 3 is 2.27 bits per heavy atom. The number of hydrogen-bond acceptors (Lipinski definition) is 1. The molecule has 0 aliphatic heterocycles. The summed E-state index contributed by atoms with van der Waals surface area (Å²) in [4.78, 5) is 10.1. The van der Waals surface area contributed by atoms with E-state index in [1.807, 2.05) is 0 Å². The molecule has 0 N–H and O–H groups in total. The molecule has 11 heavy (non-hydrogen) atoms. The average molecular weight is 205 g/mol. The fraction of sp³-hybridized carbons (Fsp3) is 0.833. The van der Waals surface area contributed by atoms with Crippen molar-refractivity contribution in [1.29, 1.82) is 0 Å². The van der Waals surface area contributed by atoms with E-state index in [2.05, 4.69) is 0 Å². The molecule has 5 heteroatoms. The van der Waals surface area contributed by atoms with Gasteiger partial charge in [-0.05, 0) is 11.6 Å². The minimum absolute atomic E-state index is 0.108. The molecule has 0 aromatic rings. The molecule has 0 spiro atoms. The van der Waals surface area contributed by atoms with Crippen LogP contribution in [0.2, 0.25) is 0 Å². The van der Waals surface area contributed by atoms with Crippen LogP contribution in [0.4, 0.5) is 8.78 Å². The van der Waals surface area contributed by atoms with Crippen LogP contribution in [-0.2, 0) is 4.79 Å². The van der Waals surface area contributed by atoms with Crippen molar-refractivity contribution >= 4 is 28.4 Å². The molecule has 66 valence electrons. The second-order valence-electron chi connectivity index (χ2n) is 2.15. The van der Waals surface area contributed by atoms with Crippen LogP contribution < -0.4 is 0 Å². The predicted molar refractivity (Wildman–Crippen MR) is 40.4 cm³/mol. The number of hydrogen-bond donors (Lipinski definition) is 0.